The largest absolute Gasteiger partial charge is 0.370 e. The van der Waals surface area contributed by atoms with Gasteiger partial charge in [0.1, 0.15) is 0 Å². The number of hydrogen-bond donors (Lipinski definition) is 1. The number of hydrogen-bond acceptors (Lipinski definition) is 1. The van der Waals surface area contributed by atoms with Crippen molar-refractivity contribution in [2.45, 2.75) is 24.7 Å². The molecule has 2 nitrogen and oxygen atoms in total. The van der Waals surface area contributed by atoms with E-state index < -0.39 is 0 Å². The summed E-state index contributed by atoms with van der Waals surface area (Å²) in [4.78, 5) is 11.2. The van der Waals surface area contributed by atoms with E-state index in [1.165, 1.54) is 16.7 Å². The highest BCUT2D eigenvalue weighted by Gasteiger charge is 2.32. The van der Waals surface area contributed by atoms with Gasteiger partial charge in [-0.1, -0.05) is 54.6 Å². The molecule has 2 atom stereocenters. The summed E-state index contributed by atoms with van der Waals surface area (Å²) in [7, 11) is 0. The lowest BCUT2D eigenvalue weighted by atomic mass is 9.92. The number of carbonyl (C=O) groups excluding carboxylic acids is 1. The van der Waals surface area contributed by atoms with E-state index in [0.29, 0.717) is 12.3 Å². The van der Waals surface area contributed by atoms with Crippen LogP contribution in [-0.4, -0.2) is 5.91 Å². The van der Waals surface area contributed by atoms with E-state index in [1.54, 1.807) is 0 Å². The topological polar surface area (TPSA) is 43.1 Å². The standard InChI is InChI=1S/C17H17NO/c18-17(19)11-13-10-16(12-6-2-1-3-7-12)15-9-5-4-8-14(13)15/h1-9,13,16H,10-11H2,(H2,18,19). The van der Waals surface area contributed by atoms with Crippen LogP contribution in [0.2, 0.25) is 0 Å². The van der Waals surface area contributed by atoms with E-state index in [1.807, 2.05) is 12.1 Å². The zero-order chi connectivity index (χ0) is 13.2. The van der Waals surface area contributed by atoms with Gasteiger partial charge < -0.3 is 5.73 Å². The Bertz CT molecular complexity index is 591. The first-order chi connectivity index (χ1) is 9.25. The van der Waals surface area contributed by atoms with Crippen molar-refractivity contribution in [2.24, 2.45) is 5.73 Å². The van der Waals surface area contributed by atoms with Gasteiger partial charge >= 0.3 is 0 Å². The average Bonchev–Trinajstić information content (AvgIpc) is 2.78. The van der Waals surface area contributed by atoms with Gasteiger partial charge in [-0.25, -0.2) is 0 Å². The fourth-order valence-electron chi connectivity index (χ4n) is 3.18. The number of fused-ring (bicyclic) bond motifs is 1. The van der Waals surface area contributed by atoms with E-state index in [4.69, 9.17) is 5.73 Å². The molecule has 1 aliphatic rings. The summed E-state index contributed by atoms with van der Waals surface area (Å²) in [5.41, 5.74) is 9.33. The first-order valence-electron chi connectivity index (χ1n) is 6.68. The number of rotatable bonds is 3. The van der Waals surface area contributed by atoms with Crippen molar-refractivity contribution >= 4 is 5.91 Å². The summed E-state index contributed by atoms with van der Waals surface area (Å²) in [6.45, 7) is 0. The Balaban J connectivity index is 1.99. The molecule has 0 radical (unpaired) electrons. The molecule has 0 fully saturated rings. The molecule has 2 heteroatoms. The molecule has 19 heavy (non-hydrogen) atoms. The SMILES string of the molecule is NC(=O)CC1CC(c2ccccc2)c2ccccc21. The van der Waals surface area contributed by atoms with Gasteiger partial charge in [0.25, 0.3) is 0 Å². The van der Waals surface area contributed by atoms with Crippen molar-refractivity contribution in [3.63, 3.8) is 0 Å². The molecule has 0 bridgehead atoms. The van der Waals surface area contributed by atoms with Gasteiger partial charge in [0.15, 0.2) is 0 Å². The van der Waals surface area contributed by atoms with E-state index in [9.17, 15) is 4.79 Å². The van der Waals surface area contributed by atoms with Crippen LogP contribution in [0, 0.1) is 0 Å². The molecule has 2 unspecified atom stereocenters. The molecule has 0 saturated carbocycles. The van der Waals surface area contributed by atoms with Crippen molar-refractivity contribution in [1.82, 2.24) is 0 Å². The van der Waals surface area contributed by atoms with Crippen LogP contribution in [0.4, 0.5) is 0 Å². The van der Waals surface area contributed by atoms with Crippen LogP contribution in [-0.2, 0) is 4.79 Å². The minimum absolute atomic E-state index is 0.214. The van der Waals surface area contributed by atoms with Crippen molar-refractivity contribution in [1.29, 1.82) is 0 Å². The Morgan fingerprint density at radius 2 is 1.63 bits per heavy atom. The van der Waals surface area contributed by atoms with Crippen molar-refractivity contribution in [3.8, 4) is 0 Å². The van der Waals surface area contributed by atoms with Gasteiger partial charge in [-0.15, -0.1) is 0 Å². The van der Waals surface area contributed by atoms with Crippen molar-refractivity contribution < 1.29 is 4.79 Å². The molecule has 1 amide bonds. The average molecular weight is 251 g/mol. The normalized spacial score (nSPS) is 21.1. The van der Waals surface area contributed by atoms with E-state index in [-0.39, 0.29) is 11.8 Å². The molecule has 0 saturated heterocycles. The smallest absolute Gasteiger partial charge is 0.218 e. The molecular formula is C17H17NO. The summed E-state index contributed by atoms with van der Waals surface area (Å²) >= 11 is 0. The minimum Gasteiger partial charge on any atom is -0.370 e. The second-order valence-electron chi connectivity index (χ2n) is 5.20. The quantitative estimate of drug-likeness (QED) is 0.894. The Hall–Kier alpha value is -2.09. The Kier molecular flexibility index (Phi) is 3.08. The lowest BCUT2D eigenvalue weighted by molar-refractivity contribution is -0.118. The third kappa shape index (κ3) is 2.26. The van der Waals surface area contributed by atoms with Crippen LogP contribution in [0.25, 0.3) is 0 Å². The molecule has 2 aromatic carbocycles. The van der Waals surface area contributed by atoms with Crippen LogP contribution in [0.15, 0.2) is 54.6 Å². The molecule has 0 heterocycles. The summed E-state index contributed by atoms with van der Waals surface area (Å²) in [5, 5.41) is 0. The highest BCUT2D eigenvalue weighted by atomic mass is 16.1. The number of amides is 1. The Labute approximate surface area is 113 Å². The van der Waals surface area contributed by atoms with Gasteiger partial charge in [0, 0.05) is 12.3 Å². The van der Waals surface area contributed by atoms with Crippen LogP contribution in [0.3, 0.4) is 0 Å². The van der Waals surface area contributed by atoms with Gasteiger partial charge in [-0.2, -0.15) is 0 Å². The van der Waals surface area contributed by atoms with Crippen LogP contribution >= 0.6 is 0 Å². The molecule has 0 spiro atoms. The fourth-order valence-corrected chi connectivity index (χ4v) is 3.18. The molecule has 0 aromatic heterocycles. The maximum absolute atomic E-state index is 11.2. The van der Waals surface area contributed by atoms with Crippen LogP contribution < -0.4 is 5.73 Å². The minimum atomic E-state index is -0.214. The molecule has 2 aromatic rings. The fraction of sp³-hybridized carbons (Fsp3) is 0.235. The maximum atomic E-state index is 11.2. The van der Waals surface area contributed by atoms with E-state index in [2.05, 4.69) is 42.5 Å². The maximum Gasteiger partial charge on any atom is 0.218 e. The predicted molar refractivity (Wildman–Crippen MR) is 75.9 cm³/mol. The first kappa shape index (κ1) is 12.0. The molecule has 3 rings (SSSR count). The van der Waals surface area contributed by atoms with E-state index >= 15 is 0 Å². The number of nitrogens with two attached hydrogens (primary N) is 1. The molecule has 0 aliphatic heterocycles. The second-order valence-corrected chi connectivity index (χ2v) is 5.20. The second kappa shape index (κ2) is 4.88. The molecule has 96 valence electrons. The lowest BCUT2D eigenvalue weighted by Crippen LogP contribution is -2.14. The number of carbonyl (C=O) groups is 1. The first-order valence-corrected chi connectivity index (χ1v) is 6.68. The van der Waals surface area contributed by atoms with Gasteiger partial charge in [0.2, 0.25) is 5.91 Å². The van der Waals surface area contributed by atoms with Crippen LogP contribution in [0.5, 0.6) is 0 Å². The molecule has 2 N–H and O–H groups in total. The summed E-state index contributed by atoms with van der Waals surface area (Å²) in [6.07, 6.45) is 1.42. The highest BCUT2D eigenvalue weighted by Crippen LogP contribution is 2.46. The number of primary amides is 1. The zero-order valence-electron chi connectivity index (χ0n) is 10.8. The summed E-state index contributed by atoms with van der Waals surface area (Å²) in [5.74, 6) is 0.439. The van der Waals surface area contributed by atoms with Gasteiger partial charge in [0.05, 0.1) is 0 Å². The van der Waals surface area contributed by atoms with Crippen molar-refractivity contribution in [3.05, 3.63) is 71.3 Å². The highest BCUT2D eigenvalue weighted by molar-refractivity contribution is 5.75. The van der Waals surface area contributed by atoms with Crippen LogP contribution in [0.1, 0.15) is 41.4 Å². The van der Waals surface area contributed by atoms with E-state index in [0.717, 1.165) is 6.42 Å². The Morgan fingerprint density at radius 3 is 2.32 bits per heavy atom. The predicted octanol–water partition coefficient (Wildman–Crippen LogP) is 3.18. The zero-order valence-corrected chi connectivity index (χ0v) is 10.8. The summed E-state index contributed by atoms with van der Waals surface area (Å²) < 4.78 is 0. The monoisotopic (exact) mass is 251 g/mol. The molecular weight excluding hydrogens is 234 g/mol. The summed E-state index contributed by atoms with van der Waals surface area (Å²) in [6, 6.07) is 18.9. The lowest BCUT2D eigenvalue weighted by Gasteiger charge is -2.12. The molecule has 1 aliphatic carbocycles. The van der Waals surface area contributed by atoms with Gasteiger partial charge in [-0.05, 0) is 29.0 Å². The Morgan fingerprint density at radius 1 is 1.00 bits per heavy atom. The number of benzene rings is 2. The third-order valence-electron chi connectivity index (χ3n) is 3.98. The third-order valence-corrected chi connectivity index (χ3v) is 3.98. The van der Waals surface area contributed by atoms with Crippen molar-refractivity contribution in [2.75, 3.05) is 0 Å². The van der Waals surface area contributed by atoms with Gasteiger partial charge in [-0.3, -0.25) is 4.79 Å².